The second-order valence-corrected chi connectivity index (χ2v) is 8.04. The standard InChI is InChI=1S/C20H22N4O4/c25-16-5-4-14(18(26)22-16)24-19(27)13-3-1-2-12(17(13)20(24)28)10-23-9-11-6-7-21-8-15(11)23/h1-3,11,14-15,21H,4-10H2,(H,22,25,26)/t11-,14?,15-/m1/s1. The van der Waals surface area contributed by atoms with Crippen LogP contribution in [0.4, 0.5) is 0 Å². The van der Waals surface area contributed by atoms with E-state index >= 15 is 0 Å². The number of carbonyl (C=O) groups is 4. The Bertz CT molecular complexity index is 898. The van der Waals surface area contributed by atoms with Crippen LogP contribution in [-0.2, 0) is 16.1 Å². The molecule has 0 aliphatic carbocycles. The van der Waals surface area contributed by atoms with Crippen molar-refractivity contribution in [3.8, 4) is 0 Å². The Morgan fingerprint density at radius 3 is 2.71 bits per heavy atom. The molecule has 5 rings (SSSR count). The maximum atomic E-state index is 13.1. The van der Waals surface area contributed by atoms with E-state index in [9.17, 15) is 19.2 Å². The van der Waals surface area contributed by atoms with Crippen LogP contribution in [-0.4, -0.2) is 65.1 Å². The summed E-state index contributed by atoms with van der Waals surface area (Å²) in [6, 6.07) is 4.88. The fourth-order valence-corrected chi connectivity index (χ4v) is 4.95. The molecule has 2 N–H and O–H groups in total. The summed E-state index contributed by atoms with van der Waals surface area (Å²) < 4.78 is 0. The maximum absolute atomic E-state index is 13.1. The number of nitrogens with one attached hydrogen (secondary N) is 2. The number of likely N-dealkylation sites (tertiary alicyclic amines) is 1. The second-order valence-electron chi connectivity index (χ2n) is 8.04. The normalized spacial score (nSPS) is 30.0. The van der Waals surface area contributed by atoms with Gasteiger partial charge in [-0.15, -0.1) is 0 Å². The van der Waals surface area contributed by atoms with Gasteiger partial charge in [0, 0.05) is 32.1 Å². The van der Waals surface area contributed by atoms with E-state index < -0.39 is 23.8 Å². The molecule has 4 amide bonds. The van der Waals surface area contributed by atoms with Crippen LogP contribution in [0, 0.1) is 5.92 Å². The van der Waals surface area contributed by atoms with Gasteiger partial charge in [-0.1, -0.05) is 12.1 Å². The predicted octanol–water partition coefficient (Wildman–Crippen LogP) is -0.118. The van der Waals surface area contributed by atoms with E-state index in [1.54, 1.807) is 12.1 Å². The first kappa shape index (κ1) is 17.5. The molecular formula is C20H22N4O4. The molecule has 4 heterocycles. The first-order chi connectivity index (χ1) is 13.5. The van der Waals surface area contributed by atoms with E-state index in [1.165, 1.54) is 6.42 Å². The molecule has 1 unspecified atom stereocenters. The van der Waals surface area contributed by atoms with Crippen LogP contribution in [0.3, 0.4) is 0 Å². The number of piperidine rings is 2. The van der Waals surface area contributed by atoms with Gasteiger partial charge >= 0.3 is 0 Å². The zero-order valence-electron chi connectivity index (χ0n) is 15.4. The zero-order chi connectivity index (χ0) is 19.4. The number of imide groups is 2. The minimum atomic E-state index is -0.922. The van der Waals surface area contributed by atoms with Gasteiger partial charge < -0.3 is 5.32 Å². The van der Waals surface area contributed by atoms with E-state index in [4.69, 9.17) is 0 Å². The minimum Gasteiger partial charge on any atom is -0.315 e. The molecule has 4 aliphatic heterocycles. The lowest BCUT2D eigenvalue weighted by Crippen LogP contribution is -2.62. The first-order valence-corrected chi connectivity index (χ1v) is 9.83. The molecule has 0 bridgehead atoms. The topological polar surface area (TPSA) is 98.8 Å². The van der Waals surface area contributed by atoms with Gasteiger partial charge in [0.15, 0.2) is 0 Å². The molecule has 8 heteroatoms. The van der Waals surface area contributed by atoms with Crippen molar-refractivity contribution in [2.75, 3.05) is 19.6 Å². The van der Waals surface area contributed by atoms with Crippen LogP contribution in [0.15, 0.2) is 18.2 Å². The third-order valence-electron chi connectivity index (χ3n) is 6.46. The molecule has 3 fully saturated rings. The van der Waals surface area contributed by atoms with Gasteiger partial charge in [0.25, 0.3) is 11.8 Å². The highest BCUT2D eigenvalue weighted by Crippen LogP contribution is 2.34. The third kappa shape index (κ3) is 2.59. The molecule has 0 saturated carbocycles. The highest BCUT2D eigenvalue weighted by Gasteiger charge is 2.46. The summed E-state index contributed by atoms with van der Waals surface area (Å²) in [4.78, 5) is 53.0. The van der Waals surface area contributed by atoms with Crippen molar-refractivity contribution in [1.82, 2.24) is 20.4 Å². The summed E-state index contributed by atoms with van der Waals surface area (Å²) in [5, 5.41) is 5.65. The minimum absolute atomic E-state index is 0.126. The van der Waals surface area contributed by atoms with Crippen LogP contribution in [0.1, 0.15) is 45.5 Å². The molecule has 3 atom stereocenters. The van der Waals surface area contributed by atoms with Crippen LogP contribution < -0.4 is 10.6 Å². The van der Waals surface area contributed by atoms with Crippen molar-refractivity contribution in [3.05, 3.63) is 34.9 Å². The number of carbonyl (C=O) groups excluding carboxylic acids is 4. The molecule has 0 spiro atoms. The van der Waals surface area contributed by atoms with Gasteiger partial charge in [-0.3, -0.25) is 34.3 Å². The fraction of sp³-hybridized carbons (Fsp3) is 0.500. The van der Waals surface area contributed by atoms with Crippen molar-refractivity contribution < 1.29 is 19.2 Å². The van der Waals surface area contributed by atoms with E-state index in [0.29, 0.717) is 29.6 Å². The number of hydrogen-bond acceptors (Lipinski definition) is 6. The van der Waals surface area contributed by atoms with Crippen molar-refractivity contribution in [1.29, 1.82) is 0 Å². The second kappa shape index (κ2) is 6.49. The maximum Gasteiger partial charge on any atom is 0.262 e. The van der Waals surface area contributed by atoms with Gasteiger partial charge in [-0.05, 0) is 36.9 Å². The van der Waals surface area contributed by atoms with Crippen molar-refractivity contribution >= 4 is 23.6 Å². The molecule has 3 saturated heterocycles. The summed E-state index contributed by atoms with van der Waals surface area (Å²) in [5.74, 6) is -1.12. The summed E-state index contributed by atoms with van der Waals surface area (Å²) in [6.45, 7) is 3.64. The number of amides is 4. The number of hydrogen-bond donors (Lipinski definition) is 2. The van der Waals surface area contributed by atoms with E-state index in [0.717, 1.165) is 30.1 Å². The molecule has 0 aromatic heterocycles. The van der Waals surface area contributed by atoms with Crippen LogP contribution in [0.5, 0.6) is 0 Å². The fourth-order valence-electron chi connectivity index (χ4n) is 4.95. The molecule has 8 nitrogen and oxygen atoms in total. The highest BCUT2D eigenvalue weighted by atomic mass is 16.2. The van der Waals surface area contributed by atoms with E-state index in [1.807, 2.05) is 6.07 Å². The van der Waals surface area contributed by atoms with Gasteiger partial charge in [-0.2, -0.15) is 0 Å². The smallest absolute Gasteiger partial charge is 0.262 e. The summed E-state index contributed by atoms with van der Waals surface area (Å²) in [5.41, 5.74) is 1.59. The largest absolute Gasteiger partial charge is 0.315 e. The number of nitrogens with zero attached hydrogens (tertiary/aromatic N) is 2. The molecule has 1 aromatic rings. The summed E-state index contributed by atoms with van der Waals surface area (Å²) >= 11 is 0. The lowest BCUT2D eigenvalue weighted by molar-refractivity contribution is -0.136. The van der Waals surface area contributed by atoms with Gasteiger partial charge in [-0.25, -0.2) is 0 Å². The zero-order valence-corrected chi connectivity index (χ0v) is 15.4. The Morgan fingerprint density at radius 2 is 1.93 bits per heavy atom. The lowest BCUT2D eigenvalue weighted by Gasteiger charge is -2.51. The Labute approximate surface area is 162 Å². The Morgan fingerprint density at radius 1 is 1.07 bits per heavy atom. The highest BCUT2D eigenvalue weighted by molar-refractivity contribution is 6.24. The van der Waals surface area contributed by atoms with Crippen molar-refractivity contribution in [2.24, 2.45) is 5.92 Å². The van der Waals surface area contributed by atoms with Gasteiger partial charge in [0.05, 0.1) is 11.1 Å². The monoisotopic (exact) mass is 382 g/mol. The average Bonchev–Trinajstić information content (AvgIpc) is 2.92. The van der Waals surface area contributed by atoms with Gasteiger partial charge in [0.2, 0.25) is 11.8 Å². The van der Waals surface area contributed by atoms with Crippen molar-refractivity contribution in [3.63, 3.8) is 0 Å². The van der Waals surface area contributed by atoms with Crippen molar-refractivity contribution in [2.45, 2.75) is 37.9 Å². The van der Waals surface area contributed by atoms with Crippen LogP contribution >= 0.6 is 0 Å². The van der Waals surface area contributed by atoms with E-state index in [-0.39, 0.29) is 18.7 Å². The average molecular weight is 382 g/mol. The number of benzene rings is 1. The summed E-state index contributed by atoms with van der Waals surface area (Å²) in [7, 11) is 0. The predicted molar refractivity (Wildman–Crippen MR) is 98.3 cm³/mol. The van der Waals surface area contributed by atoms with E-state index in [2.05, 4.69) is 15.5 Å². The Balaban J connectivity index is 1.41. The summed E-state index contributed by atoms with van der Waals surface area (Å²) in [6.07, 6.45) is 1.47. The first-order valence-electron chi connectivity index (χ1n) is 9.83. The van der Waals surface area contributed by atoms with Gasteiger partial charge in [0.1, 0.15) is 6.04 Å². The third-order valence-corrected chi connectivity index (χ3v) is 6.46. The number of rotatable bonds is 3. The quantitative estimate of drug-likeness (QED) is 0.708. The molecular weight excluding hydrogens is 360 g/mol. The molecule has 146 valence electrons. The molecule has 1 aromatic carbocycles. The van der Waals surface area contributed by atoms with Crippen LogP contribution in [0.25, 0.3) is 0 Å². The molecule has 0 radical (unpaired) electrons. The lowest BCUT2D eigenvalue weighted by atomic mass is 9.82. The molecule has 4 aliphatic rings. The SMILES string of the molecule is O=C1CCC(N2C(=O)c3cccc(CN4C[C@H]5CCNC[C@H]54)c3C2=O)C(=O)N1. The Hall–Kier alpha value is -2.58. The Kier molecular flexibility index (Phi) is 4.06. The van der Waals surface area contributed by atoms with Crippen LogP contribution in [0.2, 0.25) is 0 Å². The number of fused-ring (bicyclic) bond motifs is 2. The molecule has 28 heavy (non-hydrogen) atoms.